The Morgan fingerprint density at radius 1 is 1.06 bits per heavy atom. The summed E-state index contributed by atoms with van der Waals surface area (Å²) in [6, 6.07) is 16.8. The standard InChI is InChI=1S/C42H53N3O5/c1-11-22-49-42(9)18-20-44(21-19-42)38-35-25-34(43-45(35)26-30(5)37(38)39(40(46)47-10)50-41(6,7)8)32-15-13-14-31(24-32)33-23-29(4)16-17-36(33)48-27-28(3)12-2/h11-17,23-26,28,39H,1-2,18-22,27H2,3-10H3/t28?,39-/m0/s1. The fourth-order valence-corrected chi connectivity index (χ4v) is 6.48. The minimum Gasteiger partial charge on any atom is -0.492 e. The van der Waals surface area contributed by atoms with E-state index in [1.165, 1.54) is 7.11 Å². The van der Waals surface area contributed by atoms with Gasteiger partial charge in [0.1, 0.15) is 5.75 Å². The molecule has 2 atom stereocenters. The highest BCUT2D eigenvalue weighted by molar-refractivity contribution is 5.88. The molecule has 3 heterocycles. The van der Waals surface area contributed by atoms with E-state index < -0.39 is 17.7 Å². The number of fused-ring (bicyclic) bond motifs is 1. The van der Waals surface area contributed by atoms with Crippen LogP contribution in [-0.4, -0.2) is 60.2 Å². The van der Waals surface area contributed by atoms with Gasteiger partial charge in [0.05, 0.1) is 48.4 Å². The molecule has 50 heavy (non-hydrogen) atoms. The van der Waals surface area contributed by atoms with E-state index in [4.69, 9.17) is 24.0 Å². The van der Waals surface area contributed by atoms with E-state index in [9.17, 15) is 4.79 Å². The van der Waals surface area contributed by atoms with E-state index >= 15 is 0 Å². The number of ether oxygens (including phenoxy) is 4. The van der Waals surface area contributed by atoms with E-state index in [2.05, 4.69) is 81.3 Å². The summed E-state index contributed by atoms with van der Waals surface area (Å²) >= 11 is 0. The van der Waals surface area contributed by atoms with Crippen LogP contribution in [0.2, 0.25) is 0 Å². The Bertz CT molecular complexity index is 1840. The molecular formula is C42H53N3O5. The molecule has 1 unspecified atom stereocenters. The third-order valence-corrected chi connectivity index (χ3v) is 9.32. The fraction of sp³-hybridized carbons (Fsp3) is 0.429. The maximum absolute atomic E-state index is 13.5. The summed E-state index contributed by atoms with van der Waals surface area (Å²) in [6.45, 7) is 24.5. The van der Waals surface area contributed by atoms with E-state index in [1.54, 1.807) is 6.08 Å². The summed E-state index contributed by atoms with van der Waals surface area (Å²) < 4.78 is 26.2. The SMILES string of the molecule is C=CCOC1(C)CCN(c2c([C@H](OC(C)(C)C)C(=O)OC)c(C)cn3nc(-c4cccc(-c5cc(C)ccc5OCC(C)C=C)c4)cc23)CC1. The van der Waals surface area contributed by atoms with Crippen molar-refractivity contribution in [1.82, 2.24) is 9.61 Å². The van der Waals surface area contributed by atoms with Crippen LogP contribution in [0.15, 0.2) is 80.0 Å². The van der Waals surface area contributed by atoms with E-state index in [1.807, 2.05) is 50.5 Å². The molecule has 266 valence electrons. The van der Waals surface area contributed by atoms with Crippen LogP contribution >= 0.6 is 0 Å². The van der Waals surface area contributed by atoms with Gasteiger partial charge in [0.15, 0.2) is 6.10 Å². The molecule has 8 nitrogen and oxygen atoms in total. The Morgan fingerprint density at radius 3 is 2.44 bits per heavy atom. The van der Waals surface area contributed by atoms with Gasteiger partial charge < -0.3 is 23.8 Å². The van der Waals surface area contributed by atoms with Gasteiger partial charge in [-0.2, -0.15) is 5.10 Å². The number of hydrogen-bond acceptors (Lipinski definition) is 7. The number of methoxy groups -OCH3 is 1. The topological polar surface area (TPSA) is 74.5 Å². The van der Waals surface area contributed by atoms with Gasteiger partial charge in [0.2, 0.25) is 0 Å². The second kappa shape index (κ2) is 15.2. The van der Waals surface area contributed by atoms with Crippen LogP contribution < -0.4 is 9.64 Å². The lowest BCUT2D eigenvalue weighted by molar-refractivity contribution is -0.164. The van der Waals surface area contributed by atoms with E-state index in [0.717, 1.165) is 82.0 Å². The van der Waals surface area contributed by atoms with Gasteiger partial charge in [-0.3, -0.25) is 0 Å². The molecular weight excluding hydrogens is 626 g/mol. The van der Waals surface area contributed by atoms with Crippen molar-refractivity contribution in [2.24, 2.45) is 5.92 Å². The van der Waals surface area contributed by atoms with Gasteiger partial charge in [-0.15, -0.1) is 13.2 Å². The lowest BCUT2D eigenvalue weighted by Crippen LogP contribution is -2.45. The molecule has 0 aliphatic carbocycles. The smallest absolute Gasteiger partial charge is 0.339 e. The number of carbonyl (C=O) groups is 1. The molecule has 0 N–H and O–H groups in total. The lowest BCUT2D eigenvalue weighted by atomic mass is 9.91. The number of benzene rings is 2. The molecule has 2 aromatic heterocycles. The summed E-state index contributed by atoms with van der Waals surface area (Å²) in [5, 5.41) is 5.11. The first-order valence-electron chi connectivity index (χ1n) is 17.5. The number of aryl methyl sites for hydroxylation is 2. The number of piperidine rings is 1. The average molecular weight is 680 g/mol. The van der Waals surface area contributed by atoms with Gasteiger partial charge in [-0.25, -0.2) is 9.31 Å². The molecule has 1 aliphatic heterocycles. The van der Waals surface area contributed by atoms with Crippen LogP contribution in [0, 0.1) is 19.8 Å². The van der Waals surface area contributed by atoms with Crippen molar-refractivity contribution in [3.05, 3.63) is 96.7 Å². The Kier molecular flexibility index (Phi) is 11.2. The third kappa shape index (κ3) is 8.31. The zero-order valence-electron chi connectivity index (χ0n) is 31.0. The normalized spacial score (nSPS) is 15.8. The second-order valence-electron chi connectivity index (χ2n) is 14.7. The van der Waals surface area contributed by atoms with Crippen molar-refractivity contribution in [2.75, 3.05) is 38.3 Å². The summed E-state index contributed by atoms with van der Waals surface area (Å²) in [7, 11) is 1.41. The Labute approximate surface area is 297 Å². The molecule has 4 aromatic rings. The van der Waals surface area contributed by atoms with Gasteiger partial charge in [0.25, 0.3) is 0 Å². The molecule has 8 heteroatoms. The quantitative estimate of drug-likeness (QED) is 0.103. The number of anilines is 1. The third-order valence-electron chi connectivity index (χ3n) is 9.32. The van der Waals surface area contributed by atoms with Crippen molar-refractivity contribution >= 4 is 17.2 Å². The van der Waals surface area contributed by atoms with Crippen LogP contribution in [0.1, 0.15) is 70.3 Å². The lowest BCUT2D eigenvalue weighted by Gasteiger charge is -2.41. The molecule has 0 radical (unpaired) electrons. The number of carbonyl (C=O) groups excluding carboxylic acids is 1. The maximum Gasteiger partial charge on any atom is 0.339 e. The highest BCUT2D eigenvalue weighted by Crippen LogP contribution is 2.42. The molecule has 2 aromatic carbocycles. The van der Waals surface area contributed by atoms with Crippen LogP contribution in [0.25, 0.3) is 27.9 Å². The van der Waals surface area contributed by atoms with Gasteiger partial charge >= 0.3 is 5.97 Å². The number of rotatable bonds is 13. The van der Waals surface area contributed by atoms with Crippen molar-refractivity contribution in [3.8, 4) is 28.1 Å². The summed E-state index contributed by atoms with van der Waals surface area (Å²) in [5.41, 5.74) is 7.67. The number of nitrogens with zero attached hydrogens (tertiary/aromatic N) is 3. The monoisotopic (exact) mass is 679 g/mol. The van der Waals surface area contributed by atoms with Crippen LogP contribution in [0.4, 0.5) is 5.69 Å². The Balaban J connectivity index is 1.63. The zero-order valence-corrected chi connectivity index (χ0v) is 31.0. The zero-order chi connectivity index (χ0) is 36.2. The minimum atomic E-state index is -0.921. The Hall–Kier alpha value is -4.40. The first kappa shape index (κ1) is 36.9. The molecule has 5 rings (SSSR count). The highest BCUT2D eigenvalue weighted by Gasteiger charge is 2.37. The van der Waals surface area contributed by atoms with Crippen LogP contribution in [0.3, 0.4) is 0 Å². The largest absolute Gasteiger partial charge is 0.492 e. The minimum absolute atomic E-state index is 0.233. The fourth-order valence-electron chi connectivity index (χ4n) is 6.48. The number of aromatic nitrogens is 2. The van der Waals surface area contributed by atoms with Gasteiger partial charge in [-0.05, 0) is 89.8 Å². The first-order chi connectivity index (χ1) is 23.8. The Morgan fingerprint density at radius 2 is 1.78 bits per heavy atom. The predicted octanol–water partition coefficient (Wildman–Crippen LogP) is 9.08. The molecule has 0 amide bonds. The molecule has 1 fully saturated rings. The van der Waals surface area contributed by atoms with E-state index in [-0.39, 0.29) is 11.5 Å². The van der Waals surface area contributed by atoms with Gasteiger partial charge in [0, 0.05) is 41.9 Å². The maximum atomic E-state index is 13.5. The van der Waals surface area contributed by atoms with E-state index in [0.29, 0.717) is 13.2 Å². The highest BCUT2D eigenvalue weighted by atomic mass is 16.6. The molecule has 0 saturated carbocycles. The van der Waals surface area contributed by atoms with Crippen molar-refractivity contribution in [3.63, 3.8) is 0 Å². The van der Waals surface area contributed by atoms with Crippen molar-refractivity contribution in [1.29, 1.82) is 0 Å². The summed E-state index contributed by atoms with van der Waals surface area (Å²) in [4.78, 5) is 15.8. The molecule has 0 spiro atoms. The van der Waals surface area contributed by atoms with Crippen molar-refractivity contribution < 1.29 is 23.7 Å². The summed E-state index contributed by atoms with van der Waals surface area (Å²) in [5.74, 6) is 0.633. The van der Waals surface area contributed by atoms with Crippen LogP contribution in [0.5, 0.6) is 5.75 Å². The predicted molar refractivity (Wildman–Crippen MR) is 202 cm³/mol. The second-order valence-corrected chi connectivity index (χ2v) is 14.7. The van der Waals surface area contributed by atoms with Gasteiger partial charge in [-0.1, -0.05) is 48.9 Å². The summed E-state index contributed by atoms with van der Waals surface area (Å²) in [6.07, 6.45) is 6.40. The number of pyridine rings is 1. The molecule has 1 aliphatic rings. The molecule has 0 bridgehead atoms. The number of esters is 1. The van der Waals surface area contributed by atoms with Crippen LogP contribution in [-0.2, 0) is 19.0 Å². The van der Waals surface area contributed by atoms with Crippen molar-refractivity contribution in [2.45, 2.75) is 78.6 Å². The molecule has 1 saturated heterocycles. The first-order valence-corrected chi connectivity index (χ1v) is 17.5. The number of hydrogen-bond donors (Lipinski definition) is 0. The average Bonchev–Trinajstić information content (AvgIpc) is 3.52.